The van der Waals surface area contributed by atoms with Gasteiger partial charge in [0.05, 0.1) is 11.1 Å². The van der Waals surface area contributed by atoms with Crippen molar-refractivity contribution in [1.29, 1.82) is 0 Å². The van der Waals surface area contributed by atoms with Gasteiger partial charge >= 0.3 is 0 Å². The van der Waals surface area contributed by atoms with Crippen LogP contribution in [0, 0.1) is 13.8 Å². The Hall–Kier alpha value is -2.06. The monoisotopic (exact) mass is 279 g/mol. The molecule has 0 atom stereocenters. The zero-order chi connectivity index (χ0) is 15.2. The summed E-state index contributed by atoms with van der Waals surface area (Å²) in [5.74, 6) is 0. The topological polar surface area (TPSA) is 25.2 Å². The van der Waals surface area contributed by atoms with Crippen LogP contribution in [-0.4, -0.2) is 9.67 Å². The van der Waals surface area contributed by atoms with Crippen molar-refractivity contribution in [2.24, 2.45) is 0 Å². The molecule has 0 aliphatic heterocycles. The lowest BCUT2D eigenvalue weighted by Gasteiger charge is -2.16. The van der Waals surface area contributed by atoms with Crippen molar-refractivity contribution in [2.45, 2.75) is 33.3 Å². The Balaban J connectivity index is 2.33. The molecule has 0 fully saturated rings. The fraction of sp³-hybridized carbons (Fsp3) is 0.263. The molecule has 3 aromatic rings. The molecular formula is C19H21NO. The molecule has 0 amide bonds. The fourth-order valence-corrected chi connectivity index (χ4v) is 2.94. The van der Waals surface area contributed by atoms with E-state index in [1.165, 1.54) is 11.1 Å². The van der Waals surface area contributed by atoms with Gasteiger partial charge in [-0.25, -0.2) is 0 Å². The van der Waals surface area contributed by atoms with E-state index >= 15 is 0 Å². The Morgan fingerprint density at radius 3 is 2.38 bits per heavy atom. The molecule has 0 saturated carbocycles. The van der Waals surface area contributed by atoms with Gasteiger partial charge in [-0.05, 0) is 45.4 Å². The van der Waals surface area contributed by atoms with Crippen molar-refractivity contribution in [1.82, 2.24) is 4.57 Å². The molecule has 2 nitrogen and oxygen atoms in total. The van der Waals surface area contributed by atoms with E-state index in [0.717, 1.165) is 22.2 Å². The summed E-state index contributed by atoms with van der Waals surface area (Å²) in [6, 6.07) is 14.7. The summed E-state index contributed by atoms with van der Waals surface area (Å²) in [6.07, 6.45) is 2.06. The van der Waals surface area contributed by atoms with Crippen LogP contribution in [0.4, 0.5) is 0 Å². The number of aryl methyl sites for hydroxylation is 2. The molecule has 0 aliphatic carbocycles. The van der Waals surface area contributed by atoms with Crippen LogP contribution < -0.4 is 0 Å². The SMILES string of the molecule is Cc1ccc(-n2cc(C(C)(C)O)c3ccccc32)c(C)c1. The van der Waals surface area contributed by atoms with Crippen molar-refractivity contribution in [3.63, 3.8) is 0 Å². The van der Waals surface area contributed by atoms with E-state index in [4.69, 9.17) is 0 Å². The molecule has 108 valence electrons. The predicted octanol–water partition coefficient (Wildman–Crippen LogP) is 4.47. The summed E-state index contributed by atoms with van der Waals surface area (Å²) in [7, 11) is 0. The number of benzene rings is 2. The van der Waals surface area contributed by atoms with E-state index in [2.05, 4.69) is 54.9 Å². The highest BCUT2D eigenvalue weighted by Gasteiger charge is 2.22. The molecule has 0 bridgehead atoms. The number of aromatic nitrogens is 1. The molecule has 2 aromatic carbocycles. The minimum atomic E-state index is -0.858. The van der Waals surface area contributed by atoms with Gasteiger partial charge in [0.2, 0.25) is 0 Å². The Morgan fingerprint density at radius 1 is 1.00 bits per heavy atom. The number of rotatable bonds is 2. The van der Waals surface area contributed by atoms with Crippen LogP contribution in [0.15, 0.2) is 48.7 Å². The smallest absolute Gasteiger partial charge is 0.0861 e. The number of nitrogens with zero attached hydrogens (tertiary/aromatic N) is 1. The maximum Gasteiger partial charge on any atom is 0.0861 e. The normalized spacial score (nSPS) is 12.0. The third-order valence-electron chi connectivity index (χ3n) is 3.98. The molecule has 0 radical (unpaired) electrons. The molecule has 0 unspecified atom stereocenters. The van der Waals surface area contributed by atoms with Crippen LogP contribution in [0.3, 0.4) is 0 Å². The minimum Gasteiger partial charge on any atom is -0.386 e. The van der Waals surface area contributed by atoms with Crippen molar-refractivity contribution in [2.75, 3.05) is 0 Å². The van der Waals surface area contributed by atoms with Crippen molar-refractivity contribution in [3.8, 4) is 5.69 Å². The summed E-state index contributed by atoms with van der Waals surface area (Å²) in [5, 5.41) is 11.5. The summed E-state index contributed by atoms with van der Waals surface area (Å²) < 4.78 is 2.18. The van der Waals surface area contributed by atoms with Gasteiger partial charge in [-0.3, -0.25) is 0 Å². The van der Waals surface area contributed by atoms with Gasteiger partial charge < -0.3 is 9.67 Å². The number of para-hydroxylation sites is 1. The van der Waals surface area contributed by atoms with Crippen LogP contribution in [0.2, 0.25) is 0 Å². The lowest BCUT2D eigenvalue weighted by atomic mass is 9.98. The van der Waals surface area contributed by atoms with Gasteiger partial charge in [0.1, 0.15) is 0 Å². The third-order valence-corrected chi connectivity index (χ3v) is 3.98. The molecule has 0 spiro atoms. The van der Waals surface area contributed by atoms with E-state index in [1.54, 1.807) is 0 Å². The minimum absolute atomic E-state index is 0.858. The second kappa shape index (κ2) is 4.74. The van der Waals surface area contributed by atoms with Crippen molar-refractivity contribution >= 4 is 10.9 Å². The first-order chi connectivity index (χ1) is 9.88. The second-order valence-corrected chi connectivity index (χ2v) is 6.28. The molecular weight excluding hydrogens is 258 g/mol. The average molecular weight is 279 g/mol. The van der Waals surface area contributed by atoms with Crippen LogP contribution in [0.5, 0.6) is 0 Å². The van der Waals surface area contributed by atoms with Crippen molar-refractivity contribution < 1.29 is 5.11 Å². The zero-order valence-electron chi connectivity index (χ0n) is 13.0. The summed E-state index contributed by atoms with van der Waals surface area (Å²) in [5.41, 5.74) is 4.88. The van der Waals surface area contributed by atoms with Gasteiger partial charge in [-0.15, -0.1) is 0 Å². The molecule has 2 heteroatoms. The van der Waals surface area contributed by atoms with E-state index in [-0.39, 0.29) is 0 Å². The molecule has 21 heavy (non-hydrogen) atoms. The van der Waals surface area contributed by atoms with Gasteiger partial charge in [-0.2, -0.15) is 0 Å². The summed E-state index contributed by atoms with van der Waals surface area (Å²) >= 11 is 0. The number of fused-ring (bicyclic) bond motifs is 1. The van der Waals surface area contributed by atoms with E-state index < -0.39 is 5.60 Å². The molecule has 1 heterocycles. The third kappa shape index (κ3) is 2.36. The van der Waals surface area contributed by atoms with Gasteiger partial charge in [0, 0.05) is 22.8 Å². The lowest BCUT2D eigenvalue weighted by molar-refractivity contribution is 0.0801. The highest BCUT2D eigenvalue weighted by Crippen LogP contribution is 2.32. The van der Waals surface area contributed by atoms with Gasteiger partial charge in [0.15, 0.2) is 0 Å². The highest BCUT2D eigenvalue weighted by molar-refractivity contribution is 5.86. The fourth-order valence-electron chi connectivity index (χ4n) is 2.94. The molecule has 3 rings (SSSR count). The van der Waals surface area contributed by atoms with E-state index in [1.807, 2.05) is 26.0 Å². The Morgan fingerprint density at radius 2 is 1.71 bits per heavy atom. The van der Waals surface area contributed by atoms with Crippen molar-refractivity contribution in [3.05, 3.63) is 65.4 Å². The molecule has 1 aromatic heterocycles. The maximum atomic E-state index is 10.4. The standard InChI is InChI=1S/C19H21NO/c1-13-9-10-17(14(2)11-13)20-12-16(19(3,4)21)15-7-5-6-8-18(15)20/h5-12,21H,1-4H3. The largest absolute Gasteiger partial charge is 0.386 e. The highest BCUT2D eigenvalue weighted by atomic mass is 16.3. The predicted molar refractivity (Wildman–Crippen MR) is 88.0 cm³/mol. The van der Waals surface area contributed by atoms with Gasteiger partial charge in [-0.1, -0.05) is 35.9 Å². The summed E-state index contributed by atoms with van der Waals surface area (Å²) in [6.45, 7) is 7.90. The van der Waals surface area contributed by atoms with Crippen LogP contribution in [-0.2, 0) is 5.60 Å². The number of hydrogen-bond donors (Lipinski definition) is 1. The first-order valence-electron chi connectivity index (χ1n) is 7.28. The van der Waals surface area contributed by atoms with Crippen LogP contribution >= 0.6 is 0 Å². The van der Waals surface area contributed by atoms with Crippen LogP contribution in [0.1, 0.15) is 30.5 Å². The quantitative estimate of drug-likeness (QED) is 0.735. The molecule has 0 saturated heterocycles. The lowest BCUT2D eigenvalue weighted by Crippen LogP contribution is -2.14. The van der Waals surface area contributed by atoms with E-state index in [9.17, 15) is 5.11 Å². The average Bonchev–Trinajstić information content (AvgIpc) is 2.78. The Labute approximate surface area is 125 Å². The number of hydrogen-bond acceptors (Lipinski definition) is 1. The first kappa shape index (κ1) is 13.9. The molecule has 1 N–H and O–H groups in total. The maximum absolute atomic E-state index is 10.4. The summed E-state index contributed by atoms with van der Waals surface area (Å²) in [4.78, 5) is 0. The first-order valence-corrected chi connectivity index (χ1v) is 7.28. The Kier molecular flexibility index (Phi) is 3.14. The van der Waals surface area contributed by atoms with E-state index in [0.29, 0.717) is 0 Å². The molecule has 0 aliphatic rings. The van der Waals surface area contributed by atoms with Crippen LogP contribution in [0.25, 0.3) is 16.6 Å². The number of aliphatic hydroxyl groups is 1. The Bertz CT molecular complexity index is 806. The van der Waals surface area contributed by atoms with Gasteiger partial charge in [0.25, 0.3) is 0 Å². The second-order valence-electron chi connectivity index (χ2n) is 6.28. The zero-order valence-corrected chi connectivity index (χ0v) is 13.0.